The van der Waals surface area contributed by atoms with Gasteiger partial charge in [0.15, 0.2) is 5.58 Å². The molecule has 0 fully saturated rings. The molecular formula is C19H18N4O3. The van der Waals surface area contributed by atoms with E-state index in [4.69, 9.17) is 4.42 Å². The van der Waals surface area contributed by atoms with Crippen molar-refractivity contribution in [3.63, 3.8) is 0 Å². The molecule has 26 heavy (non-hydrogen) atoms. The zero-order valence-electron chi connectivity index (χ0n) is 14.1. The molecule has 7 nitrogen and oxygen atoms in total. The van der Waals surface area contributed by atoms with Crippen molar-refractivity contribution >= 4 is 28.0 Å². The molecule has 0 unspecified atom stereocenters. The van der Waals surface area contributed by atoms with Crippen LogP contribution in [0.3, 0.4) is 0 Å². The molecule has 7 heteroatoms. The Balaban J connectivity index is 1.31. The molecule has 2 N–H and O–H groups in total. The minimum absolute atomic E-state index is 0.0551. The number of benzene rings is 2. The Bertz CT molecular complexity index is 1090. The molecule has 132 valence electrons. The maximum absolute atomic E-state index is 12.1. The minimum Gasteiger partial charge on any atom is -0.408 e. The van der Waals surface area contributed by atoms with Crippen molar-refractivity contribution in [3.05, 3.63) is 64.9 Å². The average molecular weight is 350 g/mol. The fourth-order valence-electron chi connectivity index (χ4n) is 2.97. The first-order valence-corrected chi connectivity index (χ1v) is 8.49. The predicted molar refractivity (Wildman–Crippen MR) is 97.9 cm³/mol. The minimum atomic E-state index is -0.524. The summed E-state index contributed by atoms with van der Waals surface area (Å²) < 4.78 is 6.46. The van der Waals surface area contributed by atoms with Gasteiger partial charge in [-0.05, 0) is 30.7 Å². The molecule has 0 saturated heterocycles. The lowest BCUT2D eigenvalue weighted by molar-refractivity contribution is -0.121. The van der Waals surface area contributed by atoms with Gasteiger partial charge in [-0.3, -0.25) is 9.36 Å². The third-order valence-corrected chi connectivity index (χ3v) is 4.23. The van der Waals surface area contributed by atoms with Crippen LogP contribution in [0.25, 0.3) is 22.1 Å². The van der Waals surface area contributed by atoms with Crippen molar-refractivity contribution < 1.29 is 9.21 Å². The predicted octanol–water partition coefficient (Wildman–Crippen LogP) is 2.22. The number of carbonyl (C=O) groups excluding carboxylic acids is 1. The summed E-state index contributed by atoms with van der Waals surface area (Å²) in [6.45, 7) is 0.459. The maximum atomic E-state index is 12.1. The zero-order chi connectivity index (χ0) is 17.9. The van der Waals surface area contributed by atoms with Gasteiger partial charge in [-0.25, -0.2) is 9.78 Å². The van der Waals surface area contributed by atoms with Gasteiger partial charge in [-0.1, -0.05) is 24.3 Å². The monoisotopic (exact) mass is 350 g/mol. The summed E-state index contributed by atoms with van der Waals surface area (Å²) in [5, 5.41) is 2.83. The van der Waals surface area contributed by atoms with Gasteiger partial charge < -0.3 is 14.7 Å². The Morgan fingerprint density at radius 3 is 2.85 bits per heavy atom. The van der Waals surface area contributed by atoms with E-state index in [1.54, 1.807) is 24.3 Å². The van der Waals surface area contributed by atoms with Crippen LogP contribution < -0.4 is 11.1 Å². The van der Waals surface area contributed by atoms with E-state index < -0.39 is 5.76 Å². The van der Waals surface area contributed by atoms with E-state index in [0.717, 1.165) is 29.7 Å². The third-order valence-electron chi connectivity index (χ3n) is 4.23. The van der Waals surface area contributed by atoms with Gasteiger partial charge in [0.2, 0.25) is 5.91 Å². The molecule has 0 bridgehead atoms. The second-order valence-corrected chi connectivity index (χ2v) is 6.08. The largest absolute Gasteiger partial charge is 0.420 e. The molecule has 0 atom stereocenters. The average Bonchev–Trinajstić information content (AvgIpc) is 3.19. The van der Waals surface area contributed by atoms with Crippen molar-refractivity contribution in [2.24, 2.45) is 0 Å². The fourth-order valence-corrected chi connectivity index (χ4v) is 2.97. The Hall–Kier alpha value is -3.35. The van der Waals surface area contributed by atoms with Crippen LogP contribution in [0.2, 0.25) is 0 Å². The molecule has 4 aromatic rings. The number of hydrogen-bond donors (Lipinski definition) is 2. The van der Waals surface area contributed by atoms with Crippen LogP contribution >= 0.6 is 0 Å². The first kappa shape index (κ1) is 16.1. The fraction of sp³-hybridized carbons (Fsp3) is 0.211. The highest BCUT2D eigenvalue weighted by Gasteiger charge is 2.12. The van der Waals surface area contributed by atoms with E-state index in [2.05, 4.69) is 15.3 Å². The lowest BCUT2D eigenvalue weighted by Crippen LogP contribution is -2.31. The number of nitrogens with zero attached hydrogens (tertiary/aromatic N) is 2. The van der Waals surface area contributed by atoms with E-state index in [9.17, 15) is 9.59 Å². The van der Waals surface area contributed by atoms with Crippen LogP contribution in [0.5, 0.6) is 0 Å². The highest BCUT2D eigenvalue weighted by atomic mass is 16.4. The molecule has 1 amide bonds. The maximum Gasteiger partial charge on any atom is 0.420 e. The Kier molecular flexibility index (Phi) is 4.27. The molecule has 0 aliphatic rings. The summed E-state index contributed by atoms with van der Waals surface area (Å²) in [5.74, 6) is 0.157. The van der Waals surface area contributed by atoms with Gasteiger partial charge in [-0.15, -0.1) is 0 Å². The summed E-state index contributed by atoms with van der Waals surface area (Å²) in [7, 11) is 0. The number of imidazole rings is 1. The van der Waals surface area contributed by atoms with Crippen molar-refractivity contribution in [2.45, 2.75) is 19.4 Å². The highest BCUT2D eigenvalue weighted by molar-refractivity contribution is 5.79. The van der Waals surface area contributed by atoms with Gasteiger partial charge in [0.1, 0.15) is 12.4 Å². The van der Waals surface area contributed by atoms with Crippen molar-refractivity contribution in [1.29, 1.82) is 0 Å². The molecular weight excluding hydrogens is 332 g/mol. The second kappa shape index (κ2) is 6.87. The number of oxazole rings is 1. The second-order valence-electron chi connectivity index (χ2n) is 6.08. The van der Waals surface area contributed by atoms with Gasteiger partial charge in [0.25, 0.3) is 0 Å². The van der Waals surface area contributed by atoms with Crippen molar-refractivity contribution in [3.8, 4) is 0 Å². The number of para-hydroxylation sites is 4. The van der Waals surface area contributed by atoms with Crippen LogP contribution in [-0.4, -0.2) is 27.0 Å². The van der Waals surface area contributed by atoms with E-state index >= 15 is 0 Å². The Morgan fingerprint density at radius 2 is 1.96 bits per heavy atom. The third kappa shape index (κ3) is 3.23. The smallest absolute Gasteiger partial charge is 0.408 e. The van der Waals surface area contributed by atoms with E-state index in [-0.39, 0.29) is 12.5 Å². The van der Waals surface area contributed by atoms with E-state index in [1.807, 2.05) is 24.3 Å². The summed E-state index contributed by atoms with van der Waals surface area (Å²) in [6, 6.07) is 14.9. The number of rotatable bonds is 6. The molecule has 0 saturated carbocycles. The Morgan fingerprint density at radius 1 is 1.15 bits per heavy atom. The van der Waals surface area contributed by atoms with Crippen LogP contribution in [0.1, 0.15) is 12.2 Å². The number of hydrogen-bond acceptors (Lipinski definition) is 4. The van der Waals surface area contributed by atoms with E-state index in [0.29, 0.717) is 17.6 Å². The number of H-pyrrole nitrogens is 1. The van der Waals surface area contributed by atoms with Gasteiger partial charge in [0, 0.05) is 13.0 Å². The molecule has 0 aliphatic heterocycles. The lowest BCUT2D eigenvalue weighted by atomic mass is 10.3. The first-order valence-electron chi connectivity index (χ1n) is 8.49. The highest BCUT2D eigenvalue weighted by Crippen LogP contribution is 2.12. The molecule has 4 rings (SSSR count). The quantitative estimate of drug-likeness (QED) is 0.522. The number of aromatic amines is 1. The zero-order valence-corrected chi connectivity index (χ0v) is 14.1. The number of aromatic nitrogens is 3. The SMILES string of the molecule is O=C(Cn1c(=O)oc2ccccc21)NCCCc1nc2ccccc2[nH]1. The van der Waals surface area contributed by atoms with Gasteiger partial charge in [-0.2, -0.15) is 0 Å². The lowest BCUT2D eigenvalue weighted by Gasteiger charge is -2.05. The van der Waals surface area contributed by atoms with Crippen molar-refractivity contribution in [2.75, 3.05) is 6.54 Å². The first-order chi connectivity index (χ1) is 12.7. The summed E-state index contributed by atoms with van der Waals surface area (Å²) in [4.78, 5) is 31.8. The molecule has 0 aliphatic carbocycles. The molecule has 2 aromatic heterocycles. The summed E-state index contributed by atoms with van der Waals surface area (Å²) in [6.07, 6.45) is 1.50. The number of amides is 1. The van der Waals surface area contributed by atoms with Gasteiger partial charge in [0.05, 0.1) is 16.6 Å². The molecule has 0 spiro atoms. The van der Waals surface area contributed by atoms with E-state index in [1.165, 1.54) is 4.57 Å². The number of fused-ring (bicyclic) bond motifs is 2. The Labute approximate surface area is 148 Å². The van der Waals surface area contributed by atoms with Gasteiger partial charge >= 0.3 is 5.76 Å². The molecule has 2 aromatic carbocycles. The topological polar surface area (TPSA) is 92.9 Å². The van der Waals surface area contributed by atoms with Crippen LogP contribution in [0, 0.1) is 0 Å². The van der Waals surface area contributed by atoms with Crippen molar-refractivity contribution in [1.82, 2.24) is 19.9 Å². The summed E-state index contributed by atoms with van der Waals surface area (Å²) >= 11 is 0. The van der Waals surface area contributed by atoms with Crippen LogP contribution in [0.4, 0.5) is 0 Å². The normalized spacial score (nSPS) is 11.2. The standard InChI is InChI=1S/C19H18N4O3/c24-18(12-23-15-8-3-4-9-16(15)26-19(23)25)20-11-5-10-17-21-13-6-1-2-7-14(13)22-17/h1-4,6-9H,5,10-12H2,(H,20,24)(H,21,22). The number of carbonyl (C=O) groups is 1. The van der Waals surface area contributed by atoms with Crippen LogP contribution in [-0.2, 0) is 17.8 Å². The number of nitrogens with one attached hydrogen (secondary N) is 2. The number of aryl methyl sites for hydroxylation is 1. The summed E-state index contributed by atoms with van der Waals surface area (Å²) in [5.41, 5.74) is 3.06. The molecule has 2 heterocycles. The van der Waals surface area contributed by atoms with Crippen LogP contribution in [0.15, 0.2) is 57.7 Å². The molecule has 0 radical (unpaired) electrons.